The van der Waals surface area contributed by atoms with Crippen LogP contribution in [0, 0.1) is 0 Å². The molecule has 0 aromatic carbocycles. The lowest BCUT2D eigenvalue weighted by molar-refractivity contribution is -0.119. The molecule has 1 N–H and O–H groups in total. The average Bonchev–Trinajstić information content (AvgIpc) is 2.48. The minimum Gasteiger partial charge on any atom is -0.311 e. The first-order valence-electron chi connectivity index (χ1n) is 4.85. The number of rotatable bonds is 1. The molecule has 2 unspecified atom stereocenters. The van der Waals surface area contributed by atoms with E-state index in [1.807, 2.05) is 18.7 Å². The number of carbonyl (C=O) groups is 1. The molecule has 2 aliphatic heterocycles. The Hall–Kier alpha value is -0.550. The van der Waals surface area contributed by atoms with Gasteiger partial charge in [0.1, 0.15) is 11.9 Å². The van der Waals surface area contributed by atoms with E-state index in [-0.39, 0.29) is 11.9 Å². The maximum absolute atomic E-state index is 11.3. The van der Waals surface area contributed by atoms with E-state index in [0.29, 0.717) is 6.04 Å². The Kier molecular flexibility index (Phi) is 2.78. The van der Waals surface area contributed by atoms with E-state index >= 15 is 0 Å². The topological polar surface area (TPSA) is 44.7 Å². The zero-order chi connectivity index (χ0) is 10.1. The number of carbonyl (C=O) groups excluding carboxylic acids is 1. The summed E-state index contributed by atoms with van der Waals surface area (Å²) in [6, 6.07) is 0.0907. The number of thioether (sulfide) groups is 1. The predicted octanol–water partition coefficient (Wildman–Crippen LogP) is -0.0496. The first-order valence-corrected chi connectivity index (χ1v) is 6.00. The van der Waals surface area contributed by atoms with Crippen LogP contribution < -0.4 is 5.32 Å². The highest BCUT2D eigenvalue weighted by molar-refractivity contribution is 7.99. The number of hydrogen-bond donors (Lipinski definition) is 1. The first kappa shape index (κ1) is 9.98. The third-order valence-corrected chi connectivity index (χ3v) is 3.70. The zero-order valence-electron chi connectivity index (χ0n) is 8.49. The van der Waals surface area contributed by atoms with Crippen molar-refractivity contribution in [3.63, 3.8) is 0 Å². The fourth-order valence-corrected chi connectivity index (χ4v) is 2.89. The van der Waals surface area contributed by atoms with Crippen molar-refractivity contribution in [2.75, 3.05) is 25.1 Å². The normalized spacial score (nSPS) is 34.1. The maximum Gasteiger partial charge on any atom is 0.249 e. The summed E-state index contributed by atoms with van der Waals surface area (Å²) in [5, 5.41) is 2.86. The minimum atomic E-state index is -0.203. The van der Waals surface area contributed by atoms with Gasteiger partial charge in [0.2, 0.25) is 5.91 Å². The molecule has 4 nitrogen and oxygen atoms in total. The molecule has 0 bridgehead atoms. The average molecular weight is 213 g/mol. The van der Waals surface area contributed by atoms with Crippen molar-refractivity contribution in [2.45, 2.75) is 19.0 Å². The second-order valence-electron chi connectivity index (χ2n) is 3.75. The summed E-state index contributed by atoms with van der Waals surface area (Å²) >= 11 is 1.92. The molecule has 2 aliphatic rings. The molecule has 0 spiro atoms. The fraction of sp³-hybridized carbons (Fsp3) is 0.778. The molecular weight excluding hydrogens is 198 g/mol. The zero-order valence-corrected chi connectivity index (χ0v) is 9.30. The smallest absolute Gasteiger partial charge is 0.249 e. The Balaban J connectivity index is 2.07. The van der Waals surface area contributed by atoms with Crippen LogP contribution in [-0.4, -0.2) is 53.8 Å². The van der Waals surface area contributed by atoms with Crippen LogP contribution in [0.1, 0.15) is 6.92 Å². The molecule has 1 saturated heterocycles. The molecule has 2 atom stereocenters. The van der Waals surface area contributed by atoms with Gasteiger partial charge in [-0.1, -0.05) is 0 Å². The van der Waals surface area contributed by atoms with Crippen LogP contribution in [0.5, 0.6) is 0 Å². The Labute approximate surface area is 88.1 Å². The molecule has 0 aromatic heterocycles. The van der Waals surface area contributed by atoms with E-state index in [1.165, 1.54) is 5.75 Å². The summed E-state index contributed by atoms with van der Waals surface area (Å²) in [5.74, 6) is 3.09. The van der Waals surface area contributed by atoms with E-state index in [9.17, 15) is 4.79 Å². The van der Waals surface area contributed by atoms with Crippen molar-refractivity contribution >= 4 is 23.5 Å². The van der Waals surface area contributed by atoms with Crippen molar-refractivity contribution in [3.05, 3.63) is 0 Å². The number of nitrogens with one attached hydrogen (secondary N) is 1. The second-order valence-corrected chi connectivity index (χ2v) is 4.90. The van der Waals surface area contributed by atoms with Crippen molar-refractivity contribution in [2.24, 2.45) is 4.99 Å². The van der Waals surface area contributed by atoms with E-state index < -0.39 is 0 Å². The number of aliphatic imine (C=N–C) groups is 1. The lowest BCUT2D eigenvalue weighted by Crippen LogP contribution is -2.49. The van der Waals surface area contributed by atoms with Crippen LogP contribution in [0.4, 0.5) is 0 Å². The Morgan fingerprint density at radius 2 is 2.43 bits per heavy atom. The van der Waals surface area contributed by atoms with Gasteiger partial charge in [0.25, 0.3) is 0 Å². The van der Waals surface area contributed by atoms with E-state index in [0.717, 1.165) is 18.1 Å². The molecule has 5 heteroatoms. The molecule has 14 heavy (non-hydrogen) atoms. The lowest BCUT2D eigenvalue weighted by atomic mass is 10.2. The van der Waals surface area contributed by atoms with Crippen LogP contribution in [-0.2, 0) is 4.79 Å². The molecule has 78 valence electrons. The summed E-state index contributed by atoms with van der Waals surface area (Å²) < 4.78 is 0. The summed E-state index contributed by atoms with van der Waals surface area (Å²) in [6.07, 6.45) is 0. The van der Waals surface area contributed by atoms with Crippen LogP contribution in [0.15, 0.2) is 4.99 Å². The number of likely N-dealkylation sites (N-methyl/N-ethyl adjacent to an activating group) is 1. The molecule has 1 amide bonds. The Morgan fingerprint density at radius 1 is 1.64 bits per heavy atom. The number of amides is 1. The number of hydrogen-bond acceptors (Lipinski definition) is 4. The summed E-state index contributed by atoms with van der Waals surface area (Å²) in [4.78, 5) is 17.9. The van der Waals surface area contributed by atoms with Crippen molar-refractivity contribution in [1.82, 2.24) is 10.2 Å². The standard InChI is InChI=1S/C9H15N3OS/c1-6-9(13)11-8(10-6)7-5-14-4-3-12(7)2/h6-7H,3-5H2,1-2H3,(H,10,11,13). The minimum absolute atomic E-state index is 0.0315. The summed E-state index contributed by atoms with van der Waals surface area (Å²) in [6.45, 7) is 2.90. The Morgan fingerprint density at radius 3 is 3.00 bits per heavy atom. The van der Waals surface area contributed by atoms with Gasteiger partial charge in [-0.05, 0) is 14.0 Å². The van der Waals surface area contributed by atoms with Gasteiger partial charge < -0.3 is 5.32 Å². The molecule has 0 radical (unpaired) electrons. The lowest BCUT2D eigenvalue weighted by Gasteiger charge is -2.31. The fourth-order valence-electron chi connectivity index (χ4n) is 1.67. The number of nitrogens with zero attached hydrogens (tertiary/aromatic N) is 2. The van der Waals surface area contributed by atoms with Gasteiger partial charge in [0, 0.05) is 18.1 Å². The predicted molar refractivity (Wildman–Crippen MR) is 58.8 cm³/mol. The van der Waals surface area contributed by atoms with Gasteiger partial charge >= 0.3 is 0 Å². The van der Waals surface area contributed by atoms with Gasteiger partial charge in [-0.2, -0.15) is 11.8 Å². The van der Waals surface area contributed by atoms with Crippen LogP contribution in [0.3, 0.4) is 0 Å². The largest absolute Gasteiger partial charge is 0.311 e. The highest BCUT2D eigenvalue weighted by atomic mass is 32.2. The van der Waals surface area contributed by atoms with Crippen molar-refractivity contribution in [3.8, 4) is 0 Å². The van der Waals surface area contributed by atoms with Gasteiger partial charge in [-0.25, -0.2) is 0 Å². The SMILES string of the molecule is CC1N=C(C2CSCCN2C)NC1=O. The van der Waals surface area contributed by atoms with Crippen LogP contribution >= 0.6 is 11.8 Å². The molecule has 0 aromatic rings. The third-order valence-electron chi connectivity index (χ3n) is 2.68. The Bertz CT molecular complexity index is 279. The summed E-state index contributed by atoms with van der Waals surface area (Å²) in [5.41, 5.74) is 0. The van der Waals surface area contributed by atoms with E-state index in [1.54, 1.807) is 0 Å². The van der Waals surface area contributed by atoms with E-state index in [4.69, 9.17) is 0 Å². The molecular formula is C9H15N3OS. The third kappa shape index (κ3) is 1.79. The van der Waals surface area contributed by atoms with Crippen LogP contribution in [0.2, 0.25) is 0 Å². The molecule has 2 rings (SSSR count). The maximum atomic E-state index is 11.3. The highest BCUT2D eigenvalue weighted by Gasteiger charge is 2.31. The van der Waals surface area contributed by atoms with Crippen LogP contribution in [0.25, 0.3) is 0 Å². The highest BCUT2D eigenvalue weighted by Crippen LogP contribution is 2.17. The van der Waals surface area contributed by atoms with Gasteiger partial charge in [0.15, 0.2) is 0 Å². The van der Waals surface area contributed by atoms with E-state index in [2.05, 4.69) is 22.3 Å². The van der Waals surface area contributed by atoms with Gasteiger partial charge in [-0.3, -0.25) is 14.7 Å². The summed E-state index contributed by atoms with van der Waals surface area (Å²) in [7, 11) is 2.09. The van der Waals surface area contributed by atoms with Crippen molar-refractivity contribution in [1.29, 1.82) is 0 Å². The van der Waals surface area contributed by atoms with Gasteiger partial charge in [-0.15, -0.1) is 0 Å². The van der Waals surface area contributed by atoms with Gasteiger partial charge in [0.05, 0.1) is 6.04 Å². The molecule has 2 heterocycles. The molecule has 1 fully saturated rings. The quantitative estimate of drug-likeness (QED) is 0.664. The number of amidine groups is 1. The molecule has 0 aliphatic carbocycles. The first-order chi connectivity index (χ1) is 6.68. The monoisotopic (exact) mass is 213 g/mol. The molecule has 0 saturated carbocycles. The van der Waals surface area contributed by atoms with Crippen molar-refractivity contribution < 1.29 is 4.79 Å². The second kappa shape index (κ2) is 3.90.